The fraction of sp³-hybridized carbons (Fsp3) is 0.417. The van der Waals surface area contributed by atoms with Crippen LogP contribution in [0.1, 0.15) is 16.8 Å². The van der Waals surface area contributed by atoms with Crippen LogP contribution >= 0.6 is 23.2 Å². The van der Waals surface area contributed by atoms with Crippen LogP contribution in [-0.2, 0) is 4.74 Å². The molecule has 0 spiro atoms. The number of hydrogen-bond donors (Lipinski definition) is 2. The van der Waals surface area contributed by atoms with Gasteiger partial charge in [-0.2, -0.15) is 0 Å². The SMILES string of the molecule is COCC(O)CCNC(=O)c1cccc(Cl)c1Cl. The summed E-state index contributed by atoms with van der Waals surface area (Å²) < 4.78 is 4.78. The molecule has 0 saturated carbocycles. The number of nitrogens with one attached hydrogen (secondary N) is 1. The Morgan fingerprint density at radius 1 is 1.50 bits per heavy atom. The first kappa shape index (κ1) is 15.2. The summed E-state index contributed by atoms with van der Waals surface area (Å²) in [5.41, 5.74) is 0.324. The highest BCUT2D eigenvalue weighted by atomic mass is 35.5. The summed E-state index contributed by atoms with van der Waals surface area (Å²) in [6.45, 7) is 0.583. The van der Waals surface area contributed by atoms with Crippen molar-refractivity contribution in [1.29, 1.82) is 0 Å². The molecule has 6 heteroatoms. The molecule has 0 saturated heterocycles. The lowest BCUT2D eigenvalue weighted by Gasteiger charge is -2.11. The van der Waals surface area contributed by atoms with Crippen molar-refractivity contribution in [3.05, 3.63) is 33.8 Å². The second kappa shape index (κ2) is 7.59. The number of ether oxygens (including phenoxy) is 1. The van der Waals surface area contributed by atoms with Crippen molar-refractivity contribution >= 4 is 29.1 Å². The zero-order valence-corrected chi connectivity index (χ0v) is 11.5. The lowest BCUT2D eigenvalue weighted by atomic mass is 10.2. The molecule has 1 atom stereocenters. The minimum absolute atomic E-state index is 0.231. The van der Waals surface area contributed by atoms with E-state index in [1.54, 1.807) is 18.2 Å². The Labute approximate surface area is 116 Å². The van der Waals surface area contributed by atoms with Crippen LogP contribution in [0.15, 0.2) is 18.2 Å². The highest BCUT2D eigenvalue weighted by Crippen LogP contribution is 2.25. The van der Waals surface area contributed by atoms with Gasteiger partial charge in [0, 0.05) is 13.7 Å². The quantitative estimate of drug-likeness (QED) is 0.844. The normalized spacial score (nSPS) is 12.2. The molecule has 0 aromatic heterocycles. The molecule has 0 bridgehead atoms. The van der Waals surface area contributed by atoms with E-state index in [0.29, 0.717) is 23.6 Å². The van der Waals surface area contributed by atoms with Crippen LogP contribution in [0.25, 0.3) is 0 Å². The largest absolute Gasteiger partial charge is 0.391 e. The summed E-state index contributed by atoms with van der Waals surface area (Å²) >= 11 is 11.7. The second-order valence-electron chi connectivity index (χ2n) is 3.76. The molecule has 1 amide bonds. The molecule has 18 heavy (non-hydrogen) atoms. The molecule has 1 aromatic carbocycles. The standard InChI is InChI=1S/C12H15Cl2NO3/c1-18-7-8(16)5-6-15-12(17)9-3-2-4-10(13)11(9)14/h2-4,8,16H,5-7H2,1H3,(H,15,17). The number of carbonyl (C=O) groups excluding carboxylic acids is 1. The van der Waals surface area contributed by atoms with Crippen molar-refractivity contribution in [2.45, 2.75) is 12.5 Å². The van der Waals surface area contributed by atoms with E-state index < -0.39 is 6.10 Å². The second-order valence-corrected chi connectivity index (χ2v) is 4.54. The van der Waals surface area contributed by atoms with Gasteiger partial charge in [0.1, 0.15) is 0 Å². The minimum atomic E-state index is -0.592. The smallest absolute Gasteiger partial charge is 0.252 e. The first-order chi connectivity index (χ1) is 8.56. The molecule has 1 aromatic rings. The number of carbonyl (C=O) groups is 1. The maximum atomic E-state index is 11.8. The van der Waals surface area contributed by atoms with Crippen molar-refractivity contribution in [3.63, 3.8) is 0 Å². The van der Waals surface area contributed by atoms with Crippen LogP contribution in [0.4, 0.5) is 0 Å². The fourth-order valence-corrected chi connectivity index (χ4v) is 1.79. The highest BCUT2D eigenvalue weighted by Gasteiger charge is 2.12. The molecule has 1 unspecified atom stereocenters. The summed E-state index contributed by atoms with van der Waals surface area (Å²) in [5, 5.41) is 12.6. The Morgan fingerprint density at radius 2 is 2.22 bits per heavy atom. The van der Waals surface area contributed by atoms with Gasteiger partial charge in [0.2, 0.25) is 0 Å². The van der Waals surface area contributed by atoms with Crippen molar-refractivity contribution in [2.24, 2.45) is 0 Å². The highest BCUT2D eigenvalue weighted by molar-refractivity contribution is 6.43. The molecule has 0 heterocycles. The van der Waals surface area contributed by atoms with Crippen molar-refractivity contribution < 1.29 is 14.6 Å². The first-order valence-electron chi connectivity index (χ1n) is 5.45. The number of halogens is 2. The van der Waals surface area contributed by atoms with Gasteiger partial charge in [-0.25, -0.2) is 0 Å². The van der Waals surface area contributed by atoms with E-state index in [9.17, 15) is 9.90 Å². The van der Waals surface area contributed by atoms with Crippen molar-refractivity contribution in [3.8, 4) is 0 Å². The summed E-state index contributed by atoms with van der Waals surface area (Å²) in [7, 11) is 1.51. The van der Waals surface area contributed by atoms with Crippen molar-refractivity contribution in [1.82, 2.24) is 5.32 Å². The van der Waals surface area contributed by atoms with Crippen LogP contribution in [0.3, 0.4) is 0 Å². The molecular formula is C12H15Cl2NO3. The molecule has 4 nitrogen and oxygen atoms in total. The van der Waals surface area contributed by atoms with Crippen LogP contribution in [0.2, 0.25) is 10.0 Å². The number of methoxy groups -OCH3 is 1. The van der Waals surface area contributed by atoms with E-state index in [1.807, 2.05) is 0 Å². The van der Waals surface area contributed by atoms with E-state index in [4.69, 9.17) is 27.9 Å². The van der Waals surface area contributed by atoms with Gasteiger partial charge in [0.15, 0.2) is 0 Å². The molecule has 100 valence electrons. The number of amides is 1. The van der Waals surface area contributed by atoms with Gasteiger partial charge < -0.3 is 15.2 Å². The van der Waals surface area contributed by atoms with E-state index in [1.165, 1.54) is 7.11 Å². The van der Waals surface area contributed by atoms with Crippen LogP contribution in [-0.4, -0.2) is 37.4 Å². The summed E-state index contributed by atoms with van der Waals surface area (Å²) in [6.07, 6.45) is -0.178. The topological polar surface area (TPSA) is 58.6 Å². The molecule has 2 N–H and O–H groups in total. The lowest BCUT2D eigenvalue weighted by molar-refractivity contribution is 0.0587. The zero-order valence-electron chi connectivity index (χ0n) is 9.95. The predicted molar refractivity (Wildman–Crippen MR) is 71.3 cm³/mol. The molecule has 1 rings (SSSR count). The van der Waals surface area contributed by atoms with E-state index >= 15 is 0 Å². The Kier molecular flexibility index (Phi) is 6.43. The van der Waals surface area contributed by atoms with Crippen LogP contribution in [0.5, 0.6) is 0 Å². The average Bonchev–Trinajstić information content (AvgIpc) is 2.33. The third kappa shape index (κ3) is 4.46. The van der Waals surface area contributed by atoms with Gasteiger partial charge in [-0.3, -0.25) is 4.79 Å². The van der Waals surface area contributed by atoms with Gasteiger partial charge in [-0.15, -0.1) is 0 Å². The maximum absolute atomic E-state index is 11.8. The molecule has 0 aliphatic rings. The Bertz CT molecular complexity index is 412. The predicted octanol–water partition coefficient (Wildman–Crippen LogP) is 2.12. The molecular weight excluding hydrogens is 277 g/mol. The number of aliphatic hydroxyl groups excluding tert-OH is 1. The first-order valence-corrected chi connectivity index (χ1v) is 6.21. The number of aliphatic hydroxyl groups is 1. The zero-order chi connectivity index (χ0) is 13.5. The molecule has 0 aliphatic carbocycles. The van der Waals surface area contributed by atoms with Gasteiger partial charge in [-0.1, -0.05) is 29.3 Å². The van der Waals surface area contributed by atoms with E-state index in [2.05, 4.69) is 5.32 Å². The van der Waals surface area contributed by atoms with Gasteiger partial charge in [0.25, 0.3) is 5.91 Å². The average molecular weight is 292 g/mol. The van der Waals surface area contributed by atoms with Gasteiger partial charge in [-0.05, 0) is 18.6 Å². The third-order valence-corrected chi connectivity index (χ3v) is 3.14. The maximum Gasteiger partial charge on any atom is 0.252 e. The molecule has 0 fully saturated rings. The summed E-state index contributed by atoms with van der Waals surface area (Å²) in [5.74, 6) is -0.313. The van der Waals surface area contributed by atoms with E-state index in [-0.39, 0.29) is 17.5 Å². The van der Waals surface area contributed by atoms with Gasteiger partial charge >= 0.3 is 0 Å². The van der Waals surface area contributed by atoms with Gasteiger partial charge in [0.05, 0.1) is 28.3 Å². The lowest BCUT2D eigenvalue weighted by Crippen LogP contribution is -2.28. The monoisotopic (exact) mass is 291 g/mol. The van der Waals surface area contributed by atoms with Crippen molar-refractivity contribution in [2.75, 3.05) is 20.3 Å². The number of hydrogen-bond acceptors (Lipinski definition) is 3. The Morgan fingerprint density at radius 3 is 2.89 bits per heavy atom. The van der Waals surface area contributed by atoms with E-state index in [0.717, 1.165) is 0 Å². The summed E-state index contributed by atoms with van der Waals surface area (Å²) in [4.78, 5) is 11.8. The Hall–Kier alpha value is -0.810. The Balaban J connectivity index is 2.48. The molecule has 0 radical (unpaired) electrons. The summed E-state index contributed by atoms with van der Waals surface area (Å²) in [6, 6.07) is 4.86. The third-order valence-electron chi connectivity index (χ3n) is 2.32. The molecule has 0 aliphatic heterocycles. The number of rotatable bonds is 6. The van der Waals surface area contributed by atoms with Crippen LogP contribution < -0.4 is 5.32 Å². The minimum Gasteiger partial charge on any atom is -0.391 e. The number of benzene rings is 1. The fourth-order valence-electron chi connectivity index (χ4n) is 1.40. The van der Waals surface area contributed by atoms with Crippen LogP contribution in [0, 0.1) is 0 Å².